The molecule has 1 aliphatic rings. The van der Waals surface area contributed by atoms with Gasteiger partial charge in [-0.25, -0.2) is 4.98 Å². The summed E-state index contributed by atoms with van der Waals surface area (Å²) in [6.07, 6.45) is 4.44. The van der Waals surface area contributed by atoms with Crippen LogP contribution in [0.25, 0.3) is 21.9 Å². The number of benzene rings is 2. The van der Waals surface area contributed by atoms with Crippen molar-refractivity contribution < 1.29 is 4.79 Å². The van der Waals surface area contributed by atoms with Crippen molar-refractivity contribution in [3.8, 4) is 0 Å². The van der Waals surface area contributed by atoms with Crippen LogP contribution in [0.2, 0.25) is 0 Å². The van der Waals surface area contributed by atoms with E-state index in [2.05, 4.69) is 28.2 Å². The van der Waals surface area contributed by atoms with Crippen LogP contribution in [0.15, 0.2) is 53.7 Å². The third-order valence-corrected chi connectivity index (χ3v) is 5.99. The number of aryl methyl sites for hydroxylation is 1. The number of thioether (sulfide) groups is 1. The second kappa shape index (κ2) is 6.32. The van der Waals surface area contributed by atoms with Crippen LogP contribution < -0.4 is 0 Å². The predicted molar refractivity (Wildman–Crippen MR) is 106 cm³/mol. The van der Waals surface area contributed by atoms with Crippen LogP contribution in [0.1, 0.15) is 28.9 Å². The molecule has 5 heteroatoms. The van der Waals surface area contributed by atoms with E-state index in [-0.39, 0.29) is 5.91 Å². The van der Waals surface area contributed by atoms with Gasteiger partial charge in [-0.2, -0.15) is 0 Å². The maximum absolute atomic E-state index is 13.1. The molecule has 130 valence electrons. The summed E-state index contributed by atoms with van der Waals surface area (Å²) in [7, 11) is 0. The number of nitrogens with one attached hydrogen (secondary N) is 1. The van der Waals surface area contributed by atoms with Gasteiger partial charge < -0.3 is 4.98 Å². The molecule has 0 bridgehead atoms. The Morgan fingerprint density at radius 1 is 1.08 bits per heavy atom. The Kier molecular flexibility index (Phi) is 3.82. The first-order valence-corrected chi connectivity index (χ1v) is 10.0. The summed E-state index contributed by atoms with van der Waals surface area (Å²) in [5, 5.41) is 2.04. The summed E-state index contributed by atoms with van der Waals surface area (Å²) in [6.45, 7) is 0. The van der Waals surface area contributed by atoms with Crippen LogP contribution >= 0.6 is 11.8 Å². The fourth-order valence-electron chi connectivity index (χ4n) is 3.97. The second-order valence-electron chi connectivity index (χ2n) is 6.73. The van der Waals surface area contributed by atoms with Gasteiger partial charge in [0.1, 0.15) is 0 Å². The van der Waals surface area contributed by atoms with Gasteiger partial charge in [0, 0.05) is 11.1 Å². The molecular formula is C21H19N3OS. The summed E-state index contributed by atoms with van der Waals surface area (Å²) in [4.78, 5) is 20.9. The highest BCUT2D eigenvalue weighted by molar-refractivity contribution is 7.99. The van der Waals surface area contributed by atoms with Crippen LogP contribution in [0, 0.1) is 0 Å². The molecule has 2 aromatic heterocycles. The van der Waals surface area contributed by atoms with E-state index in [0.29, 0.717) is 5.75 Å². The molecule has 0 unspecified atom stereocenters. The van der Waals surface area contributed by atoms with Crippen molar-refractivity contribution in [1.82, 2.24) is 14.5 Å². The number of H-pyrrole nitrogens is 1. The number of hydrogen-bond acceptors (Lipinski definition) is 3. The molecule has 0 saturated carbocycles. The maximum atomic E-state index is 13.1. The van der Waals surface area contributed by atoms with E-state index in [0.717, 1.165) is 41.0 Å². The van der Waals surface area contributed by atoms with Gasteiger partial charge in [-0.1, -0.05) is 42.1 Å². The van der Waals surface area contributed by atoms with Gasteiger partial charge >= 0.3 is 0 Å². The van der Waals surface area contributed by atoms with E-state index < -0.39 is 0 Å². The lowest BCUT2D eigenvalue weighted by molar-refractivity contribution is 0.0943. The Hall–Kier alpha value is -2.53. The smallest absolute Gasteiger partial charge is 0.241 e. The fourth-order valence-corrected chi connectivity index (χ4v) is 4.71. The molecule has 2 heterocycles. The number of fused-ring (bicyclic) bond motifs is 4. The highest BCUT2D eigenvalue weighted by atomic mass is 32.2. The van der Waals surface area contributed by atoms with Gasteiger partial charge in [0.25, 0.3) is 0 Å². The lowest BCUT2D eigenvalue weighted by Crippen LogP contribution is -2.18. The van der Waals surface area contributed by atoms with Gasteiger partial charge in [0.05, 0.1) is 22.3 Å². The molecule has 0 saturated heterocycles. The van der Waals surface area contributed by atoms with Crippen LogP contribution in [0.3, 0.4) is 0 Å². The standard InChI is InChI=1S/C21H19N3OS/c25-20(13-26-21-22-16-9-3-4-10-17(16)23-21)24-18-11-5-1-7-14(18)15-8-2-6-12-19(15)24/h1,3-5,7,9-11H,2,6,8,12-13H2,(H,22,23). The third-order valence-electron chi connectivity index (χ3n) is 5.13. The Labute approximate surface area is 155 Å². The van der Waals surface area contributed by atoms with Crippen LogP contribution in [-0.4, -0.2) is 26.2 Å². The Morgan fingerprint density at radius 2 is 1.88 bits per heavy atom. The topological polar surface area (TPSA) is 50.7 Å². The molecule has 0 aliphatic heterocycles. The Bertz CT molecular complexity index is 1090. The van der Waals surface area contributed by atoms with Gasteiger partial charge in [-0.3, -0.25) is 9.36 Å². The first-order chi connectivity index (χ1) is 12.8. The van der Waals surface area contributed by atoms with Crippen molar-refractivity contribution in [2.24, 2.45) is 0 Å². The van der Waals surface area contributed by atoms with E-state index in [1.54, 1.807) is 0 Å². The molecule has 0 spiro atoms. The van der Waals surface area contributed by atoms with E-state index >= 15 is 0 Å². The molecule has 1 N–H and O–H groups in total. The summed E-state index contributed by atoms with van der Waals surface area (Å²) < 4.78 is 1.96. The lowest BCUT2D eigenvalue weighted by Gasteiger charge is -2.14. The molecule has 2 aromatic carbocycles. The average Bonchev–Trinajstić information content (AvgIpc) is 3.25. The SMILES string of the molecule is O=C(CSc1nc2ccccc2[nH]1)n1c2c(c3ccccc31)CCCC2. The Morgan fingerprint density at radius 3 is 2.81 bits per heavy atom. The first kappa shape index (κ1) is 15.7. The van der Waals surface area contributed by atoms with Gasteiger partial charge in [0.2, 0.25) is 5.91 Å². The molecule has 4 nitrogen and oxygen atoms in total. The van der Waals surface area contributed by atoms with Gasteiger partial charge in [-0.15, -0.1) is 0 Å². The number of carbonyl (C=O) groups is 1. The minimum Gasteiger partial charge on any atom is -0.333 e. The molecule has 0 atom stereocenters. The molecule has 1 aliphatic carbocycles. The minimum absolute atomic E-state index is 0.134. The summed E-state index contributed by atoms with van der Waals surface area (Å²) in [5.74, 6) is 0.514. The molecule has 0 amide bonds. The molecule has 4 aromatic rings. The molecule has 0 fully saturated rings. The van der Waals surface area contributed by atoms with Crippen molar-refractivity contribution in [3.63, 3.8) is 0 Å². The van der Waals surface area contributed by atoms with Crippen molar-refractivity contribution >= 4 is 39.6 Å². The third kappa shape index (κ3) is 2.54. The van der Waals surface area contributed by atoms with E-state index in [1.807, 2.05) is 34.9 Å². The summed E-state index contributed by atoms with van der Waals surface area (Å²) in [6, 6.07) is 16.2. The lowest BCUT2D eigenvalue weighted by atomic mass is 9.96. The van der Waals surface area contributed by atoms with E-state index in [1.165, 1.54) is 34.8 Å². The highest BCUT2D eigenvalue weighted by Gasteiger charge is 2.23. The molecule has 26 heavy (non-hydrogen) atoms. The second-order valence-corrected chi connectivity index (χ2v) is 7.69. The zero-order valence-corrected chi connectivity index (χ0v) is 15.2. The highest BCUT2D eigenvalue weighted by Crippen LogP contribution is 2.32. The number of nitrogens with zero attached hydrogens (tertiary/aromatic N) is 2. The average molecular weight is 361 g/mol. The van der Waals surface area contributed by atoms with Gasteiger partial charge in [-0.05, 0) is 49.4 Å². The number of para-hydroxylation sites is 3. The number of rotatable bonds is 3. The van der Waals surface area contributed by atoms with Crippen molar-refractivity contribution in [3.05, 3.63) is 59.8 Å². The first-order valence-electron chi connectivity index (χ1n) is 9.03. The zero-order valence-electron chi connectivity index (χ0n) is 14.4. The van der Waals surface area contributed by atoms with E-state index in [9.17, 15) is 4.79 Å². The number of aromatic amines is 1. The van der Waals surface area contributed by atoms with Crippen LogP contribution in [0.4, 0.5) is 0 Å². The molecule has 5 rings (SSSR count). The van der Waals surface area contributed by atoms with Gasteiger partial charge in [0.15, 0.2) is 5.16 Å². The minimum atomic E-state index is 0.134. The zero-order chi connectivity index (χ0) is 17.5. The van der Waals surface area contributed by atoms with Crippen molar-refractivity contribution in [2.75, 3.05) is 5.75 Å². The van der Waals surface area contributed by atoms with Crippen molar-refractivity contribution in [2.45, 2.75) is 30.8 Å². The monoisotopic (exact) mass is 361 g/mol. The number of aromatic nitrogens is 3. The fraction of sp³-hybridized carbons (Fsp3) is 0.238. The van der Waals surface area contributed by atoms with E-state index in [4.69, 9.17) is 0 Å². The maximum Gasteiger partial charge on any atom is 0.241 e. The van der Waals surface area contributed by atoms with Crippen LogP contribution in [-0.2, 0) is 12.8 Å². The quantitative estimate of drug-likeness (QED) is 0.532. The van der Waals surface area contributed by atoms with Crippen molar-refractivity contribution in [1.29, 1.82) is 0 Å². The normalized spacial score (nSPS) is 14.0. The molecule has 0 radical (unpaired) electrons. The Balaban J connectivity index is 1.47. The summed E-state index contributed by atoms with van der Waals surface area (Å²) >= 11 is 1.47. The molecular weight excluding hydrogens is 342 g/mol. The number of carbonyl (C=O) groups excluding carboxylic acids is 1. The number of imidazole rings is 1. The van der Waals surface area contributed by atoms with Crippen LogP contribution in [0.5, 0.6) is 0 Å². The summed E-state index contributed by atoms with van der Waals surface area (Å²) in [5.41, 5.74) is 5.58. The largest absolute Gasteiger partial charge is 0.333 e. The predicted octanol–water partition coefficient (Wildman–Crippen LogP) is 4.83. The number of hydrogen-bond donors (Lipinski definition) is 1.